The van der Waals surface area contributed by atoms with E-state index in [4.69, 9.17) is 4.52 Å². The molecule has 0 aliphatic carbocycles. The van der Waals surface area contributed by atoms with Gasteiger partial charge in [0.1, 0.15) is 0 Å². The molecular formula is C24H27N3O4S. The number of aromatic nitrogens is 1. The first-order valence-electron chi connectivity index (χ1n) is 10.7. The van der Waals surface area contributed by atoms with Gasteiger partial charge in [-0.2, -0.15) is 4.31 Å². The Bertz CT molecular complexity index is 1230. The predicted molar refractivity (Wildman–Crippen MR) is 123 cm³/mol. The average Bonchev–Trinajstić information content (AvgIpc) is 3.27. The number of carbonyl (C=O) groups excluding carboxylic acids is 1. The molecule has 1 aliphatic rings. The van der Waals surface area contributed by atoms with Gasteiger partial charge < -0.3 is 9.84 Å². The maximum Gasteiger partial charge on any atom is 0.277 e. The summed E-state index contributed by atoms with van der Waals surface area (Å²) in [5, 5.41) is 6.62. The SMILES string of the molecule is Cc1ccc(-c2cc(C(=O)Nc3ccc(S(=O)(=O)N4CCCCC4C)cc3)no2)cc1C. The molecule has 4 rings (SSSR count). The molecular weight excluding hydrogens is 426 g/mol. The Labute approximate surface area is 188 Å². The third-order valence-corrected chi connectivity index (χ3v) is 8.02. The van der Waals surface area contributed by atoms with Crippen molar-refractivity contribution in [1.29, 1.82) is 0 Å². The molecule has 1 N–H and O–H groups in total. The molecule has 1 atom stereocenters. The maximum absolute atomic E-state index is 13.0. The fraction of sp³-hybridized carbons (Fsp3) is 0.333. The molecule has 1 aromatic heterocycles. The van der Waals surface area contributed by atoms with Crippen molar-refractivity contribution in [1.82, 2.24) is 9.46 Å². The highest BCUT2D eigenvalue weighted by Gasteiger charge is 2.30. The molecule has 3 aromatic rings. The molecule has 1 amide bonds. The largest absolute Gasteiger partial charge is 0.355 e. The van der Waals surface area contributed by atoms with Crippen LogP contribution in [-0.4, -0.2) is 36.4 Å². The summed E-state index contributed by atoms with van der Waals surface area (Å²) < 4.78 is 32.8. The zero-order chi connectivity index (χ0) is 22.9. The molecule has 1 fully saturated rings. The van der Waals surface area contributed by atoms with E-state index in [1.807, 2.05) is 39.0 Å². The molecule has 7 nitrogen and oxygen atoms in total. The minimum Gasteiger partial charge on any atom is -0.355 e. The second-order valence-electron chi connectivity index (χ2n) is 8.31. The fourth-order valence-electron chi connectivity index (χ4n) is 3.88. The summed E-state index contributed by atoms with van der Waals surface area (Å²) in [7, 11) is -3.55. The van der Waals surface area contributed by atoms with E-state index in [1.165, 1.54) is 17.7 Å². The average molecular weight is 454 g/mol. The summed E-state index contributed by atoms with van der Waals surface area (Å²) in [6.45, 7) is 6.52. The van der Waals surface area contributed by atoms with Gasteiger partial charge in [-0.3, -0.25) is 4.79 Å². The number of nitrogens with one attached hydrogen (secondary N) is 1. The van der Waals surface area contributed by atoms with E-state index < -0.39 is 15.9 Å². The normalized spacial score (nSPS) is 17.3. The summed E-state index contributed by atoms with van der Waals surface area (Å²) >= 11 is 0. The third kappa shape index (κ3) is 4.47. The summed E-state index contributed by atoms with van der Waals surface area (Å²) in [5.74, 6) is 0.0828. The van der Waals surface area contributed by atoms with Crippen LogP contribution in [0.3, 0.4) is 0 Å². The van der Waals surface area contributed by atoms with E-state index in [-0.39, 0.29) is 16.6 Å². The lowest BCUT2D eigenvalue weighted by Gasteiger charge is -2.32. The van der Waals surface area contributed by atoms with Gasteiger partial charge in [-0.05, 0) is 75.1 Å². The van der Waals surface area contributed by atoms with Gasteiger partial charge in [0.2, 0.25) is 10.0 Å². The number of anilines is 1. The number of sulfonamides is 1. The highest BCUT2D eigenvalue weighted by molar-refractivity contribution is 7.89. The first-order valence-corrected chi connectivity index (χ1v) is 12.2. The number of nitrogens with zero attached hydrogens (tertiary/aromatic N) is 2. The van der Waals surface area contributed by atoms with Gasteiger partial charge in [0, 0.05) is 29.9 Å². The minimum atomic E-state index is -3.55. The van der Waals surface area contributed by atoms with E-state index in [0.717, 1.165) is 30.4 Å². The van der Waals surface area contributed by atoms with Crippen molar-refractivity contribution in [3.8, 4) is 11.3 Å². The number of carbonyl (C=O) groups is 1. The first-order chi connectivity index (χ1) is 15.3. The number of piperidine rings is 1. The second-order valence-corrected chi connectivity index (χ2v) is 10.2. The van der Waals surface area contributed by atoms with E-state index in [9.17, 15) is 13.2 Å². The number of hydrogen-bond donors (Lipinski definition) is 1. The lowest BCUT2D eigenvalue weighted by atomic mass is 10.0. The van der Waals surface area contributed by atoms with E-state index in [0.29, 0.717) is 18.0 Å². The van der Waals surface area contributed by atoms with Crippen LogP contribution >= 0.6 is 0 Å². The van der Waals surface area contributed by atoms with Crippen LogP contribution in [0.4, 0.5) is 5.69 Å². The van der Waals surface area contributed by atoms with Crippen LogP contribution in [0.1, 0.15) is 47.8 Å². The van der Waals surface area contributed by atoms with Gasteiger partial charge in [0.15, 0.2) is 11.5 Å². The highest BCUT2D eigenvalue weighted by atomic mass is 32.2. The second kappa shape index (κ2) is 8.88. The van der Waals surface area contributed by atoms with Crippen molar-refractivity contribution in [2.75, 3.05) is 11.9 Å². The van der Waals surface area contributed by atoms with Gasteiger partial charge in [0.25, 0.3) is 5.91 Å². The molecule has 0 bridgehead atoms. The van der Waals surface area contributed by atoms with Crippen LogP contribution in [0, 0.1) is 13.8 Å². The quantitative estimate of drug-likeness (QED) is 0.600. The molecule has 0 saturated carbocycles. The Hall–Kier alpha value is -2.97. The Morgan fingerprint density at radius 3 is 2.50 bits per heavy atom. The van der Waals surface area contributed by atoms with Crippen LogP contribution in [0.25, 0.3) is 11.3 Å². The molecule has 32 heavy (non-hydrogen) atoms. The summed E-state index contributed by atoms with van der Waals surface area (Å²) in [5.41, 5.74) is 3.78. The number of benzene rings is 2. The van der Waals surface area contributed by atoms with Gasteiger partial charge in [-0.1, -0.05) is 23.7 Å². The van der Waals surface area contributed by atoms with Crippen molar-refractivity contribution in [2.45, 2.75) is 51.0 Å². The molecule has 1 saturated heterocycles. The lowest BCUT2D eigenvalue weighted by molar-refractivity contribution is 0.101. The van der Waals surface area contributed by atoms with Crippen LogP contribution in [0.5, 0.6) is 0 Å². The summed E-state index contributed by atoms with van der Waals surface area (Å²) in [4.78, 5) is 12.8. The zero-order valence-corrected chi connectivity index (χ0v) is 19.3. The Balaban J connectivity index is 1.46. The third-order valence-electron chi connectivity index (χ3n) is 6.00. The number of hydrogen-bond acceptors (Lipinski definition) is 5. The lowest BCUT2D eigenvalue weighted by Crippen LogP contribution is -2.41. The smallest absolute Gasteiger partial charge is 0.277 e. The predicted octanol–water partition coefficient (Wildman–Crippen LogP) is 4.77. The molecule has 2 heterocycles. The Kier molecular flexibility index (Phi) is 6.17. The van der Waals surface area contributed by atoms with Crippen LogP contribution in [0.15, 0.2) is 57.9 Å². The van der Waals surface area contributed by atoms with Gasteiger partial charge in [-0.15, -0.1) is 0 Å². The van der Waals surface area contributed by atoms with Crippen LogP contribution < -0.4 is 5.32 Å². The van der Waals surface area contributed by atoms with Gasteiger partial charge in [0.05, 0.1) is 4.90 Å². The molecule has 8 heteroatoms. The van der Waals surface area contributed by atoms with Crippen molar-refractivity contribution >= 4 is 21.6 Å². The van der Waals surface area contributed by atoms with E-state index >= 15 is 0 Å². The molecule has 0 spiro atoms. The molecule has 1 aliphatic heterocycles. The topological polar surface area (TPSA) is 92.5 Å². The number of rotatable bonds is 5. The maximum atomic E-state index is 13.0. The van der Waals surface area contributed by atoms with Crippen LogP contribution in [-0.2, 0) is 10.0 Å². The standard InChI is InChI=1S/C24H27N3O4S/c1-16-7-8-19(14-17(16)2)23-15-22(26-31-23)24(28)25-20-9-11-21(12-10-20)32(29,30)27-13-5-4-6-18(27)3/h7-12,14-15,18H,4-6,13H2,1-3H3,(H,25,28). The monoisotopic (exact) mass is 453 g/mol. The summed E-state index contributed by atoms with van der Waals surface area (Å²) in [6, 6.07) is 13.7. The van der Waals surface area contributed by atoms with Gasteiger partial charge in [-0.25, -0.2) is 8.42 Å². The van der Waals surface area contributed by atoms with Crippen LogP contribution in [0.2, 0.25) is 0 Å². The van der Waals surface area contributed by atoms with Crippen molar-refractivity contribution in [3.63, 3.8) is 0 Å². The van der Waals surface area contributed by atoms with E-state index in [1.54, 1.807) is 22.5 Å². The fourth-order valence-corrected chi connectivity index (χ4v) is 5.58. The molecule has 168 valence electrons. The van der Waals surface area contributed by atoms with E-state index in [2.05, 4.69) is 10.5 Å². The summed E-state index contributed by atoms with van der Waals surface area (Å²) in [6.07, 6.45) is 2.79. The molecule has 0 radical (unpaired) electrons. The molecule has 1 unspecified atom stereocenters. The highest BCUT2D eigenvalue weighted by Crippen LogP contribution is 2.26. The van der Waals surface area contributed by atoms with Crippen molar-refractivity contribution in [2.24, 2.45) is 0 Å². The number of aryl methyl sites for hydroxylation is 2. The van der Waals surface area contributed by atoms with Crippen molar-refractivity contribution < 1.29 is 17.7 Å². The Morgan fingerprint density at radius 1 is 1.06 bits per heavy atom. The number of amides is 1. The minimum absolute atomic E-state index is 0.00759. The molecule has 2 aromatic carbocycles. The Morgan fingerprint density at radius 2 is 1.81 bits per heavy atom. The zero-order valence-electron chi connectivity index (χ0n) is 18.5. The van der Waals surface area contributed by atoms with Crippen molar-refractivity contribution in [3.05, 3.63) is 65.4 Å². The van der Waals surface area contributed by atoms with Gasteiger partial charge >= 0.3 is 0 Å². The first kappa shape index (κ1) is 22.2.